The second-order valence-corrected chi connectivity index (χ2v) is 7.28. The van der Waals surface area contributed by atoms with Gasteiger partial charge in [0.2, 0.25) is 0 Å². The van der Waals surface area contributed by atoms with E-state index in [0.717, 1.165) is 17.7 Å². The number of alkyl halides is 6. The third kappa shape index (κ3) is 6.37. The molecule has 12 heteroatoms. The van der Waals surface area contributed by atoms with Crippen LogP contribution < -0.4 is 15.8 Å². The van der Waals surface area contributed by atoms with Crippen molar-refractivity contribution in [3.05, 3.63) is 65.2 Å². The Bertz CT molecular complexity index is 992. The van der Waals surface area contributed by atoms with Gasteiger partial charge in [-0.3, -0.25) is 20.4 Å². The van der Waals surface area contributed by atoms with Crippen LogP contribution >= 0.6 is 0 Å². The summed E-state index contributed by atoms with van der Waals surface area (Å²) in [5.74, 6) is -3.25. The molecule has 1 atom stereocenters. The summed E-state index contributed by atoms with van der Waals surface area (Å²) in [6, 6.07) is 10.6. The first-order chi connectivity index (χ1) is 15.4. The maximum atomic E-state index is 13.1. The molecule has 0 aromatic heterocycles. The molecule has 2 aromatic rings. The van der Waals surface area contributed by atoms with E-state index in [9.17, 15) is 35.9 Å². The summed E-state index contributed by atoms with van der Waals surface area (Å²) in [6.07, 6.45) is -9.21. The van der Waals surface area contributed by atoms with Gasteiger partial charge in [-0.1, -0.05) is 18.2 Å². The standard InChI is InChI=1S/C21H19F6N3O3/c22-20(23,24)15-2-1-3-16(11-15)30-8-9-33-12-17(30)10-13-4-6-14(7-5-13)18(31)28-29-19(32)21(25,26)27/h1-7,11,17H,8-10,12H2,(H,28,31)(H,29,32). The van der Waals surface area contributed by atoms with Crippen LogP contribution in [0.1, 0.15) is 21.5 Å². The van der Waals surface area contributed by atoms with Gasteiger partial charge in [-0.2, -0.15) is 26.3 Å². The molecule has 1 saturated heterocycles. The lowest BCUT2D eigenvalue weighted by Gasteiger charge is -2.38. The van der Waals surface area contributed by atoms with Crippen molar-refractivity contribution < 1.29 is 40.7 Å². The van der Waals surface area contributed by atoms with Gasteiger partial charge in [0.15, 0.2) is 0 Å². The van der Waals surface area contributed by atoms with Gasteiger partial charge in [-0.15, -0.1) is 0 Å². The molecule has 1 aliphatic rings. The zero-order chi connectivity index (χ0) is 24.2. The van der Waals surface area contributed by atoms with Crippen LogP contribution in [0.5, 0.6) is 0 Å². The smallest absolute Gasteiger partial charge is 0.377 e. The number of hydrogen-bond acceptors (Lipinski definition) is 4. The molecule has 2 aromatic carbocycles. The molecule has 0 radical (unpaired) electrons. The fraction of sp³-hybridized carbons (Fsp3) is 0.333. The molecule has 0 spiro atoms. The van der Waals surface area contributed by atoms with Crippen LogP contribution in [0, 0.1) is 0 Å². The Kier molecular flexibility index (Phi) is 7.15. The highest BCUT2D eigenvalue weighted by molar-refractivity contribution is 5.95. The first-order valence-corrected chi connectivity index (χ1v) is 9.73. The van der Waals surface area contributed by atoms with Crippen LogP contribution in [-0.4, -0.2) is 43.8 Å². The minimum atomic E-state index is -5.13. The predicted molar refractivity (Wildman–Crippen MR) is 105 cm³/mol. The van der Waals surface area contributed by atoms with Gasteiger partial charge in [0.05, 0.1) is 24.8 Å². The molecule has 33 heavy (non-hydrogen) atoms. The molecule has 178 valence electrons. The topological polar surface area (TPSA) is 70.7 Å². The van der Waals surface area contributed by atoms with Crippen LogP contribution in [0.4, 0.5) is 32.0 Å². The number of amides is 2. The van der Waals surface area contributed by atoms with Crippen LogP contribution in [0.2, 0.25) is 0 Å². The van der Waals surface area contributed by atoms with Crippen molar-refractivity contribution in [2.45, 2.75) is 24.8 Å². The largest absolute Gasteiger partial charge is 0.472 e. The number of nitrogens with zero attached hydrogens (tertiary/aromatic N) is 1. The van der Waals surface area contributed by atoms with E-state index in [2.05, 4.69) is 0 Å². The van der Waals surface area contributed by atoms with Gasteiger partial charge in [0.1, 0.15) is 0 Å². The van der Waals surface area contributed by atoms with E-state index in [4.69, 9.17) is 4.74 Å². The van der Waals surface area contributed by atoms with Crippen molar-refractivity contribution in [2.75, 3.05) is 24.7 Å². The summed E-state index contributed by atoms with van der Waals surface area (Å²) >= 11 is 0. The van der Waals surface area contributed by atoms with Crippen LogP contribution in [-0.2, 0) is 22.1 Å². The van der Waals surface area contributed by atoms with Gasteiger partial charge < -0.3 is 9.64 Å². The molecule has 2 N–H and O–H groups in total. The van der Waals surface area contributed by atoms with E-state index in [0.29, 0.717) is 25.3 Å². The third-order valence-electron chi connectivity index (χ3n) is 4.97. The summed E-state index contributed by atoms with van der Waals surface area (Å²) < 4.78 is 81.3. The van der Waals surface area contributed by atoms with Crippen LogP contribution in [0.3, 0.4) is 0 Å². The van der Waals surface area contributed by atoms with Crippen LogP contribution in [0.25, 0.3) is 0 Å². The Balaban J connectivity index is 1.67. The van der Waals surface area contributed by atoms with Gasteiger partial charge in [0, 0.05) is 17.8 Å². The Morgan fingerprint density at radius 3 is 2.33 bits per heavy atom. The number of rotatable bonds is 4. The van der Waals surface area contributed by atoms with Crippen LogP contribution in [0.15, 0.2) is 48.5 Å². The number of hydrazine groups is 1. The lowest BCUT2D eigenvalue weighted by atomic mass is 10.0. The Morgan fingerprint density at radius 2 is 1.70 bits per heavy atom. The highest BCUT2D eigenvalue weighted by atomic mass is 19.4. The molecule has 0 saturated carbocycles. The number of hydrogen-bond donors (Lipinski definition) is 2. The van der Waals surface area contributed by atoms with E-state index < -0.39 is 29.7 Å². The van der Waals surface area contributed by atoms with Gasteiger partial charge >= 0.3 is 18.3 Å². The molecular weight excluding hydrogens is 456 g/mol. The fourth-order valence-electron chi connectivity index (χ4n) is 3.35. The van der Waals surface area contributed by atoms with Crippen molar-refractivity contribution in [1.29, 1.82) is 0 Å². The van der Waals surface area contributed by atoms with Crippen molar-refractivity contribution >= 4 is 17.5 Å². The Labute approximate surface area is 184 Å². The minimum absolute atomic E-state index is 0.0100. The van der Waals surface area contributed by atoms with Gasteiger partial charge in [-0.05, 0) is 42.3 Å². The summed E-state index contributed by atoms with van der Waals surface area (Å²) in [5.41, 5.74) is 3.35. The second-order valence-electron chi connectivity index (χ2n) is 7.28. The molecular formula is C21H19F6N3O3. The summed E-state index contributed by atoms with van der Waals surface area (Å²) in [7, 11) is 0. The zero-order valence-electron chi connectivity index (χ0n) is 17.0. The number of carbonyl (C=O) groups is 2. The minimum Gasteiger partial charge on any atom is -0.377 e. The fourth-order valence-corrected chi connectivity index (χ4v) is 3.35. The lowest BCUT2D eigenvalue weighted by Crippen LogP contribution is -2.47. The Morgan fingerprint density at radius 1 is 1.00 bits per heavy atom. The van der Waals surface area contributed by atoms with Gasteiger partial charge in [-0.25, -0.2) is 0 Å². The quantitative estimate of drug-likeness (QED) is 0.525. The average molecular weight is 475 g/mol. The highest BCUT2D eigenvalue weighted by Crippen LogP contribution is 2.32. The van der Waals surface area contributed by atoms with Crippen molar-refractivity contribution in [3.63, 3.8) is 0 Å². The first-order valence-electron chi connectivity index (χ1n) is 9.73. The number of morpholine rings is 1. The van der Waals surface area contributed by atoms with E-state index in [1.807, 2.05) is 4.90 Å². The molecule has 6 nitrogen and oxygen atoms in total. The number of halogens is 6. The number of benzene rings is 2. The zero-order valence-corrected chi connectivity index (χ0v) is 17.0. The molecule has 1 unspecified atom stereocenters. The molecule has 3 rings (SSSR count). The molecule has 2 amide bonds. The maximum absolute atomic E-state index is 13.1. The number of anilines is 1. The van der Waals surface area contributed by atoms with Gasteiger partial charge in [0.25, 0.3) is 5.91 Å². The number of carbonyl (C=O) groups excluding carboxylic acids is 2. The second kappa shape index (κ2) is 9.69. The first kappa shape index (κ1) is 24.4. The van der Waals surface area contributed by atoms with E-state index >= 15 is 0 Å². The molecule has 1 aliphatic heterocycles. The third-order valence-corrected chi connectivity index (χ3v) is 4.97. The normalized spacial score (nSPS) is 16.9. The average Bonchev–Trinajstić information content (AvgIpc) is 2.77. The lowest BCUT2D eigenvalue weighted by molar-refractivity contribution is -0.174. The highest BCUT2D eigenvalue weighted by Gasteiger charge is 2.39. The van der Waals surface area contributed by atoms with Crippen molar-refractivity contribution in [1.82, 2.24) is 10.9 Å². The van der Waals surface area contributed by atoms with E-state index in [1.165, 1.54) is 23.6 Å². The monoisotopic (exact) mass is 475 g/mol. The summed E-state index contributed by atoms with van der Waals surface area (Å²) in [4.78, 5) is 24.5. The summed E-state index contributed by atoms with van der Waals surface area (Å²) in [5, 5.41) is 0. The number of ether oxygens (including phenoxy) is 1. The molecule has 1 heterocycles. The number of nitrogens with one attached hydrogen (secondary N) is 2. The Hall–Kier alpha value is -3.28. The summed E-state index contributed by atoms with van der Waals surface area (Å²) in [6.45, 7) is 1.03. The molecule has 1 fully saturated rings. The predicted octanol–water partition coefficient (Wildman–Crippen LogP) is 3.48. The maximum Gasteiger partial charge on any atom is 0.472 e. The van der Waals surface area contributed by atoms with Crippen molar-refractivity contribution in [2.24, 2.45) is 0 Å². The van der Waals surface area contributed by atoms with Crippen molar-refractivity contribution in [3.8, 4) is 0 Å². The molecule has 0 aliphatic carbocycles. The SMILES string of the molecule is O=C(NNC(=O)C(F)(F)F)c1ccc(CC2COCCN2c2cccc(C(F)(F)F)c2)cc1. The molecule has 0 bridgehead atoms. The van der Waals surface area contributed by atoms with E-state index in [1.54, 1.807) is 23.6 Å². The van der Waals surface area contributed by atoms with E-state index in [-0.39, 0.29) is 18.2 Å².